The average molecular weight is 263 g/mol. The maximum Gasteiger partial charge on any atom is 0.334 e. The number of nitrogens with one attached hydrogen (secondary N) is 2. The molecule has 6 nitrogen and oxygen atoms in total. The van der Waals surface area contributed by atoms with Crippen molar-refractivity contribution < 1.29 is 0 Å². The van der Waals surface area contributed by atoms with Crippen LogP contribution in [0.25, 0.3) is 16.7 Å². The van der Waals surface area contributed by atoms with Crippen molar-refractivity contribution in [3.63, 3.8) is 0 Å². The third-order valence-electron chi connectivity index (χ3n) is 2.60. The summed E-state index contributed by atoms with van der Waals surface area (Å²) in [6.07, 6.45) is 1.52. The van der Waals surface area contributed by atoms with Crippen LogP contribution in [0.15, 0.2) is 40.1 Å². The Bertz CT molecular complexity index is 832. The van der Waals surface area contributed by atoms with E-state index in [2.05, 4.69) is 15.2 Å². The predicted octanol–water partition coefficient (Wildman–Crippen LogP) is 1.06. The predicted molar refractivity (Wildman–Crippen MR) is 67.3 cm³/mol. The van der Waals surface area contributed by atoms with Crippen molar-refractivity contribution in [3.8, 4) is 5.82 Å². The molecule has 0 aliphatic rings. The number of hydrogen-bond acceptors (Lipinski definition) is 3. The lowest BCUT2D eigenvalue weighted by Gasteiger charge is -2.06. The molecule has 0 aliphatic heterocycles. The maximum absolute atomic E-state index is 11.9. The SMILES string of the molecule is O=c1[nH]c(=O)n(-c2ccn[nH]2)c2cc(Cl)ccc12. The summed E-state index contributed by atoms with van der Waals surface area (Å²) >= 11 is 5.90. The van der Waals surface area contributed by atoms with Gasteiger partial charge < -0.3 is 0 Å². The van der Waals surface area contributed by atoms with Crippen LogP contribution in [-0.4, -0.2) is 19.7 Å². The van der Waals surface area contributed by atoms with E-state index in [0.717, 1.165) is 0 Å². The number of benzene rings is 1. The number of aromatic nitrogens is 4. The zero-order chi connectivity index (χ0) is 12.7. The molecule has 0 spiro atoms. The van der Waals surface area contributed by atoms with E-state index in [-0.39, 0.29) is 0 Å². The van der Waals surface area contributed by atoms with Gasteiger partial charge in [0, 0.05) is 11.1 Å². The Balaban J connectivity index is 2.55. The Hall–Kier alpha value is -2.34. The fraction of sp³-hybridized carbons (Fsp3) is 0. The molecule has 0 aliphatic carbocycles. The molecule has 0 saturated heterocycles. The Morgan fingerprint density at radius 1 is 1.22 bits per heavy atom. The van der Waals surface area contributed by atoms with Crippen molar-refractivity contribution in [2.75, 3.05) is 0 Å². The molecule has 3 rings (SSSR count). The number of nitrogens with zero attached hydrogens (tertiary/aromatic N) is 2. The molecule has 7 heteroatoms. The first-order valence-corrected chi connectivity index (χ1v) is 5.49. The topological polar surface area (TPSA) is 83.5 Å². The lowest BCUT2D eigenvalue weighted by atomic mass is 10.2. The molecule has 90 valence electrons. The van der Waals surface area contributed by atoms with Gasteiger partial charge in [0.15, 0.2) is 0 Å². The lowest BCUT2D eigenvalue weighted by Crippen LogP contribution is -2.29. The highest BCUT2D eigenvalue weighted by Crippen LogP contribution is 2.17. The zero-order valence-corrected chi connectivity index (χ0v) is 9.73. The summed E-state index contributed by atoms with van der Waals surface area (Å²) in [4.78, 5) is 25.8. The van der Waals surface area contributed by atoms with Gasteiger partial charge in [-0.25, -0.2) is 9.36 Å². The van der Waals surface area contributed by atoms with E-state index >= 15 is 0 Å². The van der Waals surface area contributed by atoms with Gasteiger partial charge in [-0.1, -0.05) is 11.6 Å². The van der Waals surface area contributed by atoms with E-state index in [1.165, 1.54) is 10.8 Å². The van der Waals surface area contributed by atoms with Crippen molar-refractivity contribution in [2.45, 2.75) is 0 Å². The first-order chi connectivity index (χ1) is 8.66. The van der Waals surface area contributed by atoms with E-state index in [9.17, 15) is 9.59 Å². The molecule has 2 N–H and O–H groups in total. The smallest absolute Gasteiger partial charge is 0.273 e. The Morgan fingerprint density at radius 3 is 2.78 bits per heavy atom. The van der Waals surface area contributed by atoms with Crippen LogP contribution < -0.4 is 11.2 Å². The van der Waals surface area contributed by atoms with Crippen LogP contribution >= 0.6 is 11.6 Å². The van der Waals surface area contributed by atoms with Crippen LogP contribution in [0.4, 0.5) is 0 Å². The van der Waals surface area contributed by atoms with Crippen LogP contribution in [0.3, 0.4) is 0 Å². The molecular formula is C11H7ClN4O2. The first kappa shape index (κ1) is 10.8. The van der Waals surface area contributed by atoms with Crippen LogP contribution in [0.1, 0.15) is 0 Å². The second kappa shape index (κ2) is 3.85. The van der Waals surface area contributed by atoms with E-state index in [0.29, 0.717) is 21.7 Å². The largest absolute Gasteiger partial charge is 0.334 e. The number of fused-ring (bicyclic) bond motifs is 1. The van der Waals surface area contributed by atoms with Crippen LogP contribution in [0.5, 0.6) is 0 Å². The van der Waals surface area contributed by atoms with Gasteiger partial charge in [0.2, 0.25) is 0 Å². The maximum atomic E-state index is 11.9. The summed E-state index contributed by atoms with van der Waals surface area (Å²) in [5.41, 5.74) is -0.554. The standard InChI is InChI=1S/C11H7ClN4O2/c12-6-1-2-7-8(5-6)16(9-3-4-13-15-9)11(18)14-10(7)17/h1-5H,(H,13,15)(H,14,17,18). The van der Waals surface area contributed by atoms with Crippen LogP contribution in [0.2, 0.25) is 5.02 Å². The van der Waals surface area contributed by atoms with E-state index in [1.807, 2.05) is 0 Å². The molecular weight excluding hydrogens is 256 g/mol. The van der Waals surface area contributed by atoms with Gasteiger partial charge in [0.05, 0.1) is 17.1 Å². The highest BCUT2D eigenvalue weighted by Gasteiger charge is 2.10. The molecule has 2 heterocycles. The fourth-order valence-corrected chi connectivity index (χ4v) is 1.99. The Labute approximate surface area is 105 Å². The normalized spacial score (nSPS) is 10.9. The molecule has 0 atom stereocenters. The van der Waals surface area contributed by atoms with Gasteiger partial charge in [0.1, 0.15) is 5.82 Å². The molecule has 0 fully saturated rings. The third-order valence-corrected chi connectivity index (χ3v) is 2.83. The van der Waals surface area contributed by atoms with Gasteiger partial charge in [-0.3, -0.25) is 14.9 Å². The summed E-state index contributed by atoms with van der Waals surface area (Å²) < 4.78 is 1.32. The molecule has 3 aromatic rings. The van der Waals surface area contributed by atoms with Gasteiger partial charge in [-0.05, 0) is 18.2 Å². The number of aromatic amines is 2. The van der Waals surface area contributed by atoms with Crippen molar-refractivity contribution in [1.29, 1.82) is 0 Å². The summed E-state index contributed by atoms with van der Waals surface area (Å²) in [5.74, 6) is 0.462. The summed E-state index contributed by atoms with van der Waals surface area (Å²) in [6.45, 7) is 0. The third kappa shape index (κ3) is 1.54. The molecule has 0 radical (unpaired) electrons. The summed E-state index contributed by atoms with van der Waals surface area (Å²) in [7, 11) is 0. The fourth-order valence-electron chi connectivity index (χ4n) is 1.82. The molecule has 0 saturated carbocycles. The van der Waals surface area contributed by atoms with E-state index in [1.54, 1.807) is 24.3 Å². The summed E-state index contributed by atoms with van der Waals surface area (Å²) in [6, 6.07) is 6.36. The molecule has 18 heavy (non-hydrogen) atoms. The first-order valence-electron chi connectivity index (χ1n) is 5.11. The lowest BCUT2D eigenvalue weighted by molar-refractivity contribution is 0.894. The molecule has 0 bridgehead atoms. The quantitative estimate of drug-likeness (QED) is 0.688. The minimum absolute atomic E-state index is 0.383. The highest BCUT2D eigenvalue weighted by molar-refractivity contribution is 6.31. The van der Waals surface area contributed by atoms with Crippen LogP contribution in [-0.2, 0) is 0 Å². The molecule has 0 unspecified atom stereocenters. The second-order valence-electron chi connectivity index (χ2n) is 3.70. The zero-order valence-electron chi connectivity index (χ0n) is 8.98. The monoisotopic (exact) mass is 262 g/mol. The van der Waals surface area contributed by atoms with Crippen molar-refractivity contribution in [3.05, 3.63) is 56.3 Å². The van der Waals surface area contributed by atoms with E-state index < -0.39 is 11.2 Å². The molecule has 1 aromatic carbocycles. The van der Waals surface area contributed by atoms with Crippen LogP contribution in [0, 0.1) is 0 Å². The van der Waals surface area contributed by atoms with Crippen molar-refractivity contribution in [2.24, 2.45) is 0 Å². The van der Waals surface area contributed by atoms with Gasteiger partial charge in [-0.15, -0.1) is 0 Å². The van der Waals surface area contributed by atoms with Gasteiger partial charge in [-0.2, -0.15) is 5.10 Å². The Kier molecular flexibility index (Phi) is 2.31. The molecule has 2 aromatic heterocycles. The minimum atomic E-state index is -0.543. The second-order valence-corrected chi connectivity index (χ2v) is 4.13. The number of halogens is 1. The average Bonchev–Trinajstić information content (AvgIpc) is 2.82. The van der Waals surface area contributed by atoms with E-state index in [4.69, 9.17) is 11.6 Å². The van der Waals surface area contributed by atoms with Gasteiger partial charge in [0.25, 0.3) is 5.56 Å². The number of rotatable bonds is 1. The van der Waals surface area contributed by atoms with Crippen molar-refractivity contribution >= 4 is 22.5 Å². The van der Waals surface area contributed by atoms with Gasteiger partial charge >= 0.3 is 5.69 Å². The summed E-state index contributed by atoms with van der Waals surface area (Å²) in [5, 5.41) is 7.28. The number of H-pyrrole nitrogens is 2. The Morgan fingerprint density at radius 2 is 2.06 bits per heavy atom. The van der Waals surface area contributed by atoms with Crippen molar-refractivity contribution in [1.82, 2.24) is 19.7 Å². The minimum Gasteiger partial charge on any atom is -0.273 e. The highest BCUT2D eigenvalue weighted by atomic mass is 35.5. The number of hydrogen-bond donors (Lipinski definition) is 2. The molecule has 0 amide bonds.